The summed E-state index contributed by atoms with van der Waals surface area (Å²) in [6.45, 7) is 4.26. The Bertz CT molecular complexity index is 924. The predicted octanol–water partition coefficient (Wildman–Crippen LogP) is 6.57. The van der Waals surface area contributed by atoms with Crippen LogP contribution in [0.1, 0.15) is 49.3 Å². The van der Waals surface area contributed by atoms with Crippen LogP contribution in [0.2, 0.25) is 0 Å². The summed E-state index contributed by atoms with van der Waals surface area (Å²) in [4.78, 5) is 6.12. The van der Waals surface area contributed by atoms with Crippen molar-refractivity contribution in [2.24, 2.45) is 4.99 Å². The van der Waals surface area contributed by atoms with Gasteiger partial charge in [-0.05, 0) is 44.4 Å². The summed E-state index contributed by atoms with van der Waals surface area (Å²) in [5.74, 6) is 0. The summed E-state index contributed by atoms with van der Waals surface area (Å²) in [6, 6.07) is 18.0. The van der Waals surface area contributed by atoms with Gasteiger partial charge in [0.2, 0.25) is 0 Å². The zero-order chi connectivity index (χ0) is 17.9. The molecule has 2 aromatic carbocycles. The van der Waals surface area contributed by atoms with Crippen LogP contribution in [-0.2, 0) is 0 Å². The molecule has 1 aromatic heterocycles. The highest BCUT2D eigenvalue weighted by molar-refractivity contribution is 7.07. The van der Waals surface area contributed by atoms with Gasteiger partial charge < -0.3 is 4.57 Å². The third-order valence-electron chi connectivity index (χ3n) is 5.29. The van der Waals surface area contributed by atoms with Crippen molar-refractivity contribution in [3.05, 3.63) is 69.8 Å². The lowest BCUT2D eigenvalue weighted by Crippen LogP contribution is -2.23. The Labute approximate surface area is 159 Å². The van der Waals surface area contributed by atoms with Crippen molar-refractivity contribution < 1.29 is 0 Å². The molecule has 26 heavy (non-hydrogen) atoms. The van der Waals surface area contributed by atoms with Gasteiger partial charge in [0.15, 0.2) is 4.80 Å². The van der Waals surface area contributed by atoms with Crippen molar-refractivity contribution in [1.82, 2.24) is 4.57 Å². The zero-order valence-corrected chi connectivity index (χ0v) is 16.4. The van der Waals surface area contributed by atoms with Crippen molar-refractivity contribution in [2.75, 3.05) is 0 Å². The van der Waals surface area contributed by atoms with Gasteiger partial charge in [-0.2, -0.15) is 0 Å². The molecule has 1 fully saturated rings. The minimum Gasteiger partial charge on any atom is -0.313 e. The van der Waals surface area contributed by atoms with E-state index in [-0.39, 0.29) is 0 Å². The van der Waals surface area contributed by atoms with Crippen molar-refractivity contribution >= 4 is 17.0 Å². The first-order valence-electron chi connectivity index (χ1n) is 9.59. The van der Waals surface area contributed by atoms with E-state index in [4.69, 9.17) is 4.99 Å². The van der Waals surface area contributed by atoms with Crippen LogP contribution < -0.4 is 4.80 Å². The Morgan fingerprint density at radius 2 is 1.46 bits per heavy atom. The number of thiazole rings is 1. The number of benzene rings is 2. The highest BCUT2D eigenvalue weighted by Gasteiger charge is 2.20. The van der Waals surface area contributed by atoms with Crippen LogP contribution in [0.25, 0.3) is 11.3 Å². The summed E-state index contributed by atoms with van der Waals surface area (Å²) >= 11 is 1.76. The normalized spacial score (nSPS) is 16.2. The molecular formula is C23H26N2S. The van der Waals surface area contributed by atoms with Gasteiger partial charge in [0.1, 0.15) is 0 Å². The molecule has 0 bridgehead atoms. The molecule has 0 unspecified atom stereocenters. The topological polar surface area (TPSA) is 17.3 Å². The van der Waals surface area contributed by atoms with E-state index in [1.165, 1.54) is 54.5 Å². The number of hydrogen-bond donors (Lipinski definition) is 0. The molecule has 3 heteroatoms. The molecule has 1 saturated carbocycles. The highest BCUT2D eigenvalue weighted by atomic mass is 32.1. The maximum atomic E-state index is 5.00. The van der Waals surface area contributed by atoms with Crippen LogP contribution in [0, 0.1) is 13.8 Å². The maximum absolute atomic E-state index is 5.00. The van der Waals surface area contributed by atoms with E-state index in [0.29, 0.717) is 6.04 Å². The molecule has 1 heterocycles. The Kier molecular flexibility index (Phi) is 5.07. The van der Waals surface area contributed by atoms with Crippen LogP contribution in [0.4, 0.5) is 5.69 Å². The van der Waals surface area contributed by atoms with E-state index in [9.17, 15) is 0 Å². The van der Waals surface area contributed by atoms with Crippen molar-refractivity contribution in [3.8, 4) is 11.3 Å². The number of aromatic nitrogens is 1. The fourth-order valence-electron chi connectivity index (χ4n) is 3.76. The molecule has 2 nitrogen and oxygen atoms in total. The molecule has 0 atom stereocenters. The summed E-state index contributed by atoms with van der Waals surface area (Å²) in [6.07, 6.45) is 6.54. The summed E-state index contributed by atoms with van der Waals surface area (Å²) in [7, 11) is 0. The molecule has 0 N–H and O–H groups in total. The zero-order valence-electron chi connectivity index (χ0n) is 15.6. The van der Waals surface area contributed by atoms with Gasteiger partial charge >= 0.3 is 0 Å². The Hall–Kier alpha value is -2.13. The lowest BCUT2D eigenvalue weighted by Gasteiger charge is -2.25. The lowest BCUT2D eigenvalue weighted by atomic mass is 9.95. The van der Waals surface area contributed by atoms with Crippen LogP contribution in [-0.4, -0.2) is 4.57 Å². The fourth-order valence-corrected chi connectivity index (χ4v) is 4.74. The van der Waals surface area contributed by atoms with Gasteiger partial charge in [-0.1, -0.05) is 66.8 Å². The van der Waals surface area contributed by atoms with Crippen LogP contribution in [0.5, 0.6) is 0 Å². The largest absolute Gasteiger partial charge is 0.313 e. The van der Waals surface area contributed by atoms with E-state index < -0.39 is 0 Å². The summed E-state index contributed by atoms with van der Waals surface area (Å²) < 4.78 is 2.51. The molecule has 0 spiro atoms. The molecule has 1 aliphatic rings. The Morgan fingerprint density at radius 1 is 0.846 bits per heavy atom. The summed E-state index contributed by atoms with van der Waals surface area (Å²) in [5.41, 5.74) is 6.22. The van der Waals surface area contributed by atoms with Gasteiger partial charge in [0.25, 0.3) is 0 Å². The standard InChI is InChI=1S/C23H26N2S/c1-17-8-12-19(13-9-17)22-16-26-23(24-20-14-10-18(2)11-15-20)25(22)21-6-4-3-5-7-21/h8-16,21H,3-7H2,1-2H3. The second kappa shape index (κ2) is 7.63. The molecule has 1 aliphatic carbocycles. The quantitative estimate of drug-likeness (QED) is 0.501. The average molecular weight is 363 g/mol. The summed E-state index contributed by atoms with van der Waals surface area (Å²) in [5, 5.41) is 2.28. The SMILES string of the molecule is Cc1ccc(N=c2scc(-c3ccc(C)cc3)n2C2CCCCC2)cc1. The molecular weight excluding hydrogens is 336 g/mol. The first-order chi connectivity index (χ1) is 12.7. The van der Waals surface area contributed by atoms with Crippen LogP contribution in [0.3, 0.4) is 0 Å². The second-order valence-electron chi connectivity index (χ2n) is 7.38. The Morgan fingerprint density at radius 3 is 2.12 bits per heavy atom. The van der Waals surface area contributed by atoms with Crippen LogP contribution >= 0.6 is 11.3 Å². The molecule has 0 aliphatic heterocycles. The average Bonchev–Trinajstić information content (AvgIpc) is 3.08. The third kappa shape index (κ3) is 3.68. The van der Waals surface area contributed by atoms with E-state index in [2.05, 4.69) is 72.3 Å². The van der Waals surface area contributed by atoms with Gasteiger partial charge in [0, 0.05) is 11.4 Å². The molecule has 134 valence electrons. The third-order valence-corrected chi connectivity index (χ3v) is 6.13. The smallest absolute Gasteiger partial charge is 0.190 e. The van der Waals surface area contributed by atoms with E-state index in [0.717, 1.165) is 10.5 Å². The minimum atomic E-state index is 0.565. The number of aryl methyl sites for hydroxylation is 2. The minimum absolute atomic E-state index is 0.565. The van der Waals surface area contributed by atoms with Gasteiger partial charge in [0.05, 0.1) is 11.4 Å². The van der Waals surface area contributed by atoms with Crippen molar-refractivity contribution in [2.45, 2.75) is 52.0 Å². The fraction of sp³-hybridized carbons (Fsp3) is 0.348. The van der Waals surface area contributed by atoms with E-state index >= 15 is 0 Å². The predicted molar refractivity (Wildman–Crippen MR) is 111 cm³/mol. The van der Waals surface area contributed by atoms with Gasteiger partial charge in [-0.15, -0.1) is 11.3 Å². The Balaban J connectivity index is 1.83. The first kappa shape index (κ1) is 17.3. The van der Waals surface area contributed by atoms with E-state index in [1.807, 2.05) is 0 Å². The molecule has 4 rings (SSSR count). The second-order valence-corrected chi connectivity index (χ2v) is 8.22. The number of rotatable bonds is 3. The van der Waals surface area contributed by atoms with Crippen molar-refractivity contribution in [1.29, 1.82) is 0 Å². The monoisotopic (exact) mass is 362 g/mol. The molecule has 0 radical (unpaired) electrons. The van der Waals surface area contributed by atoms with Gasteiger partial charge in [-0.3, -0.25) is 0 Å². The lowest BCUT2D eigenvalue weighted by molar-refractivity contribution is 0.351. The molecule has 0 saturated heterocycles. The first-order valence-corrected chi connectivity index (χ1v) is 10.5. The van der Waals surface area contributed by atoms with Crippen molar-refractivity contribution in [3.63, 3.8) is 0 Å². The molecule has 0 amide bonds. The molecule has 3 aromatic rings. The maximum Gasteiger partial charge on any atom is 0.190 e. The highest BCUT2D eigenvalue weighted by Crippen LogP contribution is 2.32. The number of nitrogens with zero attached hydrogens (tertiary/aromatic N) is 2. The number of hydrogen-bond acceptors (Lipinski definition) is 2. The van der Waals surface area contributed by atoms with Gasteiger partial charge in [-0.25, -0.2) is 4.99 Å². The van der Waals surface area contributed by atoms with E-state index in [1.54, 1.807) is 11.3 Å². The van der Waals surface area contributed by atoms with Crippen LogP contribution in [0.15, 0.2) is 58.9 Å².